The highest BCUT2D eigenvalue weighted by Crippen LogP contribution is 2.14. The first-order valence-corrected chi connectivity index (χ1v) is 20.4. The van der Waals surface area contributed by atoms with Crippen LogP contribution < -0.4 is 27.1 Å². The Morgan fingerprint density at radius 3 is 1.52 bits per heavy atom. The molecule has 0 atom stereocenters. The molecule has 3 amide bonds. The molecule has 6 rings (SSSR count). The smallest absolute Gasteiger partial charge is 0.323 e. The van der Waals surface area contributed by atoms with Crippen LogP contribution in [0.5, 0.6) is 0 Å². The van der Waals surface area contributed by atoms with E-state index >= 15 is 0 Å². The lowest BCUT2D eigenvalue weighted by Crippen LogP contribution is -2.38. The molecule has 0 spiro atoms. The number of aromatic nitrogens is 4. The number of halogens is 2. The van der Waals surface area contributed by atoms with E-state index in [-0.39, 0.29) is 48.9 Å². The molecule has 4 heterocycles. The number of aliphatic carboxylic acids is 1. The van der Waals surface area contributed by atoms with E-state index < -0.39 is 35.4 Å². The number of likely N-dealkylation sites (N-methyl/N-ethyl adjacent to an activating group) is 1. The molecular weight excluding hydrogens is 855 g/mol. The second kappa shape index (κ2) is 24.8. The lowest BCUT2D eigenvalue weighted by Gasteiger charge is -2.18. The van der Waals surface area contributed by atoms with E-state index in [0.29, 0.717) is 46.0 Å². The van der Waals surface area contributed by atoms with Crippen LogP contribution in [0.15, 0.2) is 107 Å². The molecule has 17 nitrogen and oxygen atoms in total. The number of aliphatic hydroxyl groups is 2. The zero-order valence-corrected chi connectivity index (χ0v) is 36.1. The minimum atomic E-state index is -1.20. The first-order valence-electron chi connectivity index (χ1n) is 19.6. The summed E-state index contributed by atoms with van der Waals surface area (Å²) >= 11 is 11.7. The Morgan fingerprint density at radius 1 is 0.683 bits per heavy atom. The van der Waals surface area contributed by atoms with Crippen molar-refractivity contribution in [2.75, 3.05) is 40.4 Å². The Morgan fingerprint density at radius 2 is 1.13 bits per heavy atom. The van der Waals surface area contributed by atoms with Crippen molar-refractivity contribution in [3.05, 3.63) is 150 Å². The fourth-order valence-electron chi connectivity index (χ4n) is 5.87. The van der Waals surface area contributed by atoms with Gasteiger partial charge in [0.15, 0.2) is 0 Å². The van der Waals surface area contributed by atoms with Gasteiger partial charge < -0.3 is 36.2 Å². The summed E-state index contributed by atoms with van der Waals surface area (Å²) in [4.78, 5) is 84.3. The Hall–Kier alpha value is -6.50. The maximum Gasteiger partial charge on any atom is 0.323 e. The average molecular weight is 904 g/mol. The molecule has 0 bridgehead atoms. The van der Waals surface area contributed by atoms with Crippen molar-refractivity contribution in [3.63, 3.8) is 0 Å². The first-order chi connectivity index (χ1) is 30.3. The number of pyridine rings is 4. The third kappa shape index (κ3) is 14.5. The summed E-state index contributed by atoms with van der Waals surface area (Å²) in [6, 6.07) is 23.6. The van der Waals surface area contributed by atoms with Crippen molar-refractivity contribution >= 4 is 69.0 Å². The normalized spacial score (nSPS) is 10.6. The molecule has 0 aliphatic carbocycles. The van der Waals surface area contributed by atoms with Gasteiger partial charge in [-0.1, -0.05) is 47.5 Å². The summed E-state index contributed by atoms with van der Waals surface area (Å²) in [6.07, 6.45) is 4.28. The number of hydrogen-bond donors (Lipinski definition) is 6. The van der Waals surface area contributed by atoms with Gasteiger partial charge in [0.2, 0.25) is 5.91 Å². The van der Waals surface area contributed by atoms with Crippen molar-refractivity contribution < 1.29 is 34.5 Å². The highest BCUT2D eigenvalue weighted by atomic mass is 35.5. The molecule has 0 fully saturated rings. The van der Waals surface area contributed by atoms with E-state index in [1.807, 2.05) is 7.05 Å². The number of fused-ring (bicyclic) bond motifs is 2. The minimum absolute atomic E-state index is 0.0364. The fraction of sp³-hybridized carbons (Fsp3) is 0.273. The molecule has 4 aromatic heterocycles. The fourth-order valence-corrected chi connectivity index (χ4v) is 6.12. The molecule has 0 saturated carbocycles. The predicted octanol–water partition coefficient (Wildman–Crippen LogP) is 3.47. The number of nitrogens with zero attached hydrogens (tertiary/aromatic N) is 5. The number of carbonyl (C=O) groups excluding carboxylic acids is 3. The highest BCUT2D eigenvalue weighted by Gasteiger charge is 2.20. The third-order valence-corrected chi connectivity index (χ3v) is 9.67. The molecule has 332 valence electrons. The van der Waals surface area contributed by atoms with Crippen LogP contribution in [0.1, 0.15) is 44.7 Å². The van der Waals surface area contributed by atoms with Crippen LogP contribution >= 0.6 is 23.2 Å². The molecule has 0 unspecified atom stereocenters. The van der Waals surface area contributed by atoms with Crippen molar-refractivity contribution in [1.29, 1.82) is 0 Å². The summed E-state index contributed by atoms with van der Waals surface area (Å²) in [5.74, 6) is -2.64. The molecule has 0 radical (unpaired) electrons. The van der Waals surface area contributed by atoms with E-state index in [0.717, 1.165) is 28.7 Å². The Kier molecular flexibility index (Phi) is 19.4. The van der Waals surface area contributed by atoms with Crippen molar-refractivity contribution in [2.24, 2.45) is 0 Å². The number of benzene rings is 2. The monoisotopic (exact) mass is 902 g/mol. The second-order valence-corrected chi connectivity index (χ2v) is 14.7. The number of amides is 3. The third-order valence-electron chi connectivity index (χ3n) is 9.17. The van der Waals surface area contributed by atoms with Crippen LogP contribution in [0.3, 0.4) is 0 Å². The predicted molar refractivity (Wildman–Crippen MR) is 240 cm³/mol. The average Bonchev–Trinajstić information content (AvgIpc) is 3.28. The van der Waals surface area contributed by atoms with Crippen LogP contribution in [0.25, 0.3) is 22.1 Å². The van der Waals surface area contributed by atoms with Gasteiger partial charge in [-0.2, -0.15) is 0 Å². The first kappa shape index (κ1) is 49.2. The summed E-state index contributed by atoms with van der Waals surface area (Å²) in [5.41, 5.74) is 0.689. The van der Waals surface area contributed by atoms with Gasteiger partial charge in [0.05, 0.1) is 0 Å². The van der Waals surface area contributed by atoms with Crippen LogP contribution in [0, 0.1) is 0 Å². The number of hydrogen-bond acceptors (Lipinski definition) is 11. The van der Waals surface area contributed by atoms with Gasteiger partial charge in [-0.15, -0.1) is 0 Å². The molecule has 6 aromatic rings. The SMILES string of the molecule is CN(CCCO)C(=O)Cn1c(=O)c(C(=O)NCc2ccc(Cl)cc2)cc2cccnc21.CNCCCO.O=C(O)Cn1c(=O)c(C(=O)NCc2ccc(Cl)cc2)cc2cccnc21. The summed E-state index contributed by atoms with van der Waals surface area (Å²) in [7, 11) is 3.47. The molecule has 6 N–H and O–H groups in total. The van der Waals surface area contributed by atoms with E-state index in [9.17, 15) is 28.8 Å². The standard InChI is InChI=1S/C22H23ClN4O4.C18H14ClN3O4.C4H11NO/c1-26(10-3-11-28)19(29)14-27-20-16(4-2-9-24-20)12-18(22(27)31)21(30)25-13-15-5-7-17(23)8-6-15;19-13-5-3-11(4-6-13)9-21-17(25)14-8-12-2-1-7-20-16(12)22(18(14)26)10-15(23)24;1-5-3-2-4-6/h2,4-9,12,28H,3,10-11,13-14H2,1H3,(H,25,30);1-8H,9-10H2,(H,21,25)(H,23,24);5-6H,2-4H2,1H3. The molecule has 63 heavy (non-hydrogen) atoms. The summed E-state index contributed by atoms with van der Waals surface area (Å²) in [5, 5.41) is 36.7. The zero-order valence-electron chi connectivity index (χ0n) is 34.6. The van der Waals surface area contributed by atoms with Gasteiger partial charge in [0.1, 0.15) is 35.5 Å². The lowest BCUT2D eigenvalue weighted by molar-refractivity contribution is -0.137. The summed E-state index contributed by atoms with van der Waals surface area (Å²) in [6.45, 7) is 1.12. The van der Waals surface area contributed by atoms with Gasteiger partial charge >= 0.3 is 5.97 Å². The number of carboxylic acid groups (broad SMARTS) is 1. The van der Waals surface area contributed by atoms with E-state index in [1.54, 1.807) is 79.8 Å². The molecular formula is C44H48Cl2N8O9. The van der Waals surface area contributed by atoms with E-state index in [2.05, 4.69) is 25.9 Å². The largest absolute Gasteiger partial charge is 0.480 e. The maximum atomic E-state index is 13.1. The van der Waals surface area contributed by atoms with Gasteiger partial charge in [-0.25, -0.2) is 9.97 Å². The number of aliphatic hydroxyl groups excluding tert-OH is 2. The van der Waals surface area contributed by atoms with Gasteiger partial charge in [-0.3, -0.25) is 37.9 Å². The van der Waals surface area contributed by atoms with Gasteiger partial charge in [-0.05, 0) is 98.2 Å². The number of carboxylic acids is 1. The number of rotatable bonds is 16. The van der Waals surface area contributed by atoms with E-state index in [4.69, 9.17) is 38.5 Å². The highest BCUT2D eigenvalue weighted by molar-refractivity contribution is 6.30. The van der Waals surface area contributed by atoms with Gasteiger partial charge in [0.25, 0.3) is 22.9 Å². The van der Waals surface area contributed by atoms with Crippen molar-refractivity contribution in [1.82, 2.24) is 40.0 Å². The molecule has 2 aromatic carbocycles. The lowest BCUT2D eigenvalue weighted by atomic mass is 10.1. The Bertz CT molecular complexity index is 2620. The quantitative estimate of drug-likeness (QED) is 0.0767. The molecule has 0 aliphatic rings. The van der Waals surface area contributed by atoms with Crippen LogP contribution in [-0.4, -0.2) is 103 Å². The topological polar surface area (TPSA) is 238 Å². The molecule has 0 saturated heterocycles. The minimum Gasteiger partial charge on any atom is -0.480 e. The maximum absolute atomic E-state index is 13.1. The van der Waals surface area contributed by atoms with E-state index in [1.165, 1.54) is 34.0 Å². The second-order valence-electron chi connectivity index (χ2n) is 13.8. The molecule has 0 aliphatic heterocycles. The number of carbonyl (C=O) groups is 4. The van der Waals surface area contributed by atoms with Crippen LogP contribution in [-0.2, 0) is 35.8 Å². The van der Waals surface area contributed by atoms with Crippen LogP contribution in [0.4, 0.5) is 0 Å². The van der Waals surface area contributed by atoms with Gasteiger partial charge in [0, 0.05) is 73.1 Å². The van der Waals surface area contributed by atoms with Crippen LogP contribution in [0.2, 0.25) is 10.0 Å². The Balaban J connectivity index is 0.000000248. The summed E-state index contributed by atoms with van der Waals surface area (Å²) < 4.78 is 2.19. The zero-order chi connectivity index (χ0) is 45.9. The Labute approximate surface area is 371 Å². The van der Waals surface area contributed by atoms with Crippen molar-refractivity contribution in [3.8, 4) is 0 Å². The molecule has 19 heteroatoms. The number of nitrogens with one attached hydrogen (secondary N) is 3. The van der Waals surface area contributed by atoms with Crippen molar-refractivity contribution in [2.45, 2.75) is 39.0 Å².